The van der Waals surface area contributed by atoms with Crippen LogP contribution in [0, 0.1) is 0 Å². The van der Waals surface area contributed by atoms with Crippen LogP contribution in [0.15, 0.2) is 6.07 Å². The zero-order valence-electron chi connectivity index (χ0n) is 7.38. The van der Waals surface area contributed by atoms with E-state index in [0.29, 0.717) is 15.6 Å². The van der Waals surface area contributed by atoms with E-state index < -0.39 is 0 Å². The number of hydrogen-bond acceptors (Lipinski definition) is 4. The topological polar surface area (TPSA) is 72.2 Å². The van der Waals surface area contributed by atoms with E-state index in [9.17, 15) is 9.59 Å². The van der Waals surface area contributed by atoms with Gasteiger partial charge in [0.15, 0.2) is 5.78 Å². The lowest BCUT2D eigenvalue weighted by molar-refractivity contribution is -0.114. The Morgan fingerprint density at radius 1 is 1.46 bits per heavy atom. The molecule has 13 heavy (non-hydrogen) atoms. The fraction of sp³-hybridized carbons (Fsp3) is 0.250. The standard InChI is InChI=1S/C8H10N2O2S/c1-4(11)7-3-6(9)8(13-7)10-5(2)12/h3H,9H2,1-2H3,(H,10,12). The van der Waals surface area contributed by atoms with Crippen LogP contribution in [-0.2, 0) is 4.79 Å². The second-order valence-corrected chi connectivity index (χ2v) is 3.68. The molecule has 0 aliphatic rings. The fourth-order valence-electron chi connectivity index (χ4n) is 0.836. The van der Waals surface area contributed by atoms with Gasteiger partial charge in [0.1, 0.15) is 5.00 Å². The number of hydrogen-bond donors (Lipinski definition) is 2. The first kappa shape index (κ1) is 9.73. The molecule has 0 saturated carbocycles. The van der Waals surface area contributed by atoms with E-state index in [-0.39, 0.29) is 11.7 Å². The van der Waals surface area contributed by atoms with Crippen molar-refractivity contribution in [2.45, 2.75) is 13.8 Å². The van der Waals surface area contributed by atoms with Crippen molar-refractivity contribution < 1.29 is 9.59 Å². The van der Waals surface area contributed by atoms with Crippen LogP contribution < -0.4 is 11.1 Å². The molecule has 70 valence electrons. The van der Waals surface area contributed by atoms with Gasteiger partial charge in [-0.05, 0) is 13.0 Å². The highest BCUT2D eigenvalue weighted by atomic mass is 32.1. The second-order valence-electron chi connectivity index (χ2n) is 2.63. The summed E-state index contributed by atoms with van der Waals surface area (Å²) in [5.74, 6) is -0.239. The van der Waals surface area contributed by atoms with Gasteiger partial charge in [-0.25, -0.2) is 0 Å². The van der Waals surface area contributed by atoms with Crippen LogP contribution in [0.2, 0.25) is 0 Å². The Bertz CT molecular complexity index is 357. The van der Waals surface area contributed by atoms with Gasteiger partial charge in [-0.15, -0.1) is 11.3 Å². The molecule has 1 heterocycles. The fourth-order valence-corrected chi connectivity index (χ4v) is 1.76. The van der Waals surface area contributed by atoms with Gasteiger partial charge in [-0.1, -0.05) is 0 Å². The molecule has 5 heteroatoms. The maximum Gasteiger partial charge on any atom is 0.221 e. The number of anilines is 2. The third-order valence-corrected chi connectivity index (χ3v) is 2.56. The van der Waals surface area contributed by atoms with E-state index in [2.05, 4.69) is 5.32 Å². The number of carbonyl (C=O) groups is 2. The highest BCUT2D eigenvalue weighted by Gasteiger charge is 2.09. The second kappa shape index (κ2) is 3.57. The minimum absolute atomic E-state index is 0.0479. The number of Topliss-reactive ketones (excluding diaryl/α,β-unsaturated/α-hetero) is 1. The number of carbonyl (C=O) groups excluding carboxylic acids is 2. The summed E-state index contributed by atoms with van der Waals surface area (Å²) in [7, 11) is 0. The summed E-state index contributed by atoms with van der Waals surface area (Å²) in [5.41, 5.74) is 6.01. The van der Waals surface area contributed by atoms with E-state index in [4.69, 9.17) is 5.73 Å². The largest absolute Gasteiger partial charge is 0.396 e. The Hall–Kier alpha value is -1.36. The lowest BCUT2D eigenvalue weighted by Crippen LogP contribution is -2.05. The summed E-state index contributed by atoms with van der Waals surface area (Å²) in [5, 5.41) is 3.09. The van der Waals surface area contributed by atoms with E-state index in [1.807, 2.05) is 0 Å². The average molecular weight is 198 g/mol. The maximum absolute atomic E-state index is 10.9. The summed E-state index contributed by atoms with van der Waals surface area (Å²) >= 11 is 1.19. The molecule has 0 fully saturated rings. The van der Waals surface area contributed by atoms with Gasteiger partial charge in [-0.2, -0.15) is 0 Å². The zero-order chi connectivity index (χ0) is 10.0. The van der Waals surface area contributed by atoms with Crippen LogP contribution in [0.1, 0.15) is 23.5 Å². The third-order valence-electron chi connectivity index (χ3n) is 1.40. The third kappa shape index (κ3) is 2.29. The summed E-state index contributed by atoms with van der Waals surface area (Å²) in [6.07, 6.45) is 0. The van der Waals surface area contributed by atoms with E-state index in [1.165, 1.54) is 25.2 Å². The van der Waals surface area contributed by atoms with E-state index in [0.717, 1.165) is 0 Å². The van der Waals surface area contributed by atoms with Crippen molar-refractivity contribution in [1.29, 1.82) is 0 Å². The van der Waals surface area contributed by atoms with Crippen LogP contribution in [0.5, 0.6) is 0 Å². The lowest BCUT2D eigenvalue weighted by Gasteiger charge is -1.97. The molecule has 0 aromatic carbocycles. The Morgan fingerprint density at radius 2 is 2.08 bits per heavy atom. The molecule has 3 N–H and O–H groups in total. The summed E-state index contributed by atoms with van der Waals surface area (Å²) < 4.78 is 0. The molecule has 0 atom stereocenters. The molecular formula is C8H10N2O2S. The minimum atomic E-state index is -0.191. The molecule has 1 amide bonds. The number of nitrogen functional groups attached to an aromatic ring is 1. The van der Waals surface area contributed by atoms with Crippen molar-refractivity contribution in [3.8, 4) is 0 Å². The molecule has 1 aromatic heterocycles. The zero-order valence-corrected chi connectivity index (χ0v) is 8.20. The molecule has 1 rings (SSSR count). The van der Waals surface area contributed by atoms with E-state index >= 15 is 0 Å². The van der Waals surface area contributed by atoms with Crippen LogP contribution in [0.4, 0.5) is 10.7 Å². The molecule has 1 aromatic rings. The van der Waals surface area contributed by atoms with Crippen molar-refractivity contribution >= 4 is 33.7 Å². The number of ketones is 1. The molecule has 0 aliphatic heterocycles. The predicted molar refractivity (Wildman–Crippen MR) is 53.0 cm³/mol. The van der Waals surface area contributed by atoms with Gasteiger partial charge in [-0.3, -0.25) is 9.59 Å². The lowest BCUT2D eigenvalue weighted by atomic mass is 10.3. The van der Waals surface area contributed by atoms with Gasteiger partial charge >= 0.3 is 0 Å². The number of rotatable bonds is 2. The van der Waals surface area contributed by atoms with Gasteiger partial charge in [0, 0.05) is 6.92 Å². The van der Waals surface area contributed by atoms with Crippen molar-refractivity contribution in [3.05, 3.63) is 10.9 Å². The quantitative estimate of drug-likeness (QED) is 0.707. The van der Waals surface area contributed by atoms with Crippen molar-refractivity contribution in [2.24, 2.45) is 0 Å². The number of amides is 1. The van der Waals surface area contributed by atoms with Crippen molar-refractivity contribution in [2.75, 3.05) is 11.1 Å². The monoisotopic (exact) mass is 198 g/mol. The highest BCUT2D eigenvalue weighted by Crippen LogP contribution is 2.30. The molecule has 0 unspecified atom stereocenters. The van der Waals surface area contributed by atoms with Crippen LogP contribution >= 0.6 is 11.3 Å². The van der Waals surface area contributed by atoms with Gasteiger partial charge in [0.25, 0.3) is 0 Å². The number of nitrogens with two attached hydrogens (primary N) is 1. The van der Waals surface area contributed by atoms with Gasteiger partial charge in [0.2, 0.25) is 5.91 Å². The Morgan fingerprint density at radius 3 is 2.46 bits per heavy atom. The predicted octanol–water partition coefficient (Wildman–Crippen LogP) is 1.49. The number of thiophene rings is 1. The Balaban J connectivity index is 2.96. The molecular weight excluding hydrogens is 188 g/mol. The normalized spacial score (nSPS) is 9.69. The molecule has 0 spiro atoms. The molecule has 0 bridgehead atoms. The summed E-state index contributed by atoms with van der Waals surface area (Å²) in [6, 6.07) is 1.57. The van der Waals surface area contributed by atoms with Gasteiger partial charge < -0.3 is 11.1 Å². The molecule has 0 saturated heterocycles. The van der Waals surface area contributed by atoms with E-state index in [1.54, 1.807) is 6.07 Å². The van der Waals surface area contributed by atoms with Crippen molar-refractivity contribution in [1.82, 2.24) is 0 Å². The Kier molecular flexibility index (Phi) is 2.67. The average Bonchev–Trinajstić information content (AvgIpc) is 2.31. The van der Waals surface area contributed by atoms with Gasteiger partial charge in [0.05, 0.1) is 10.6 Å². The molecule has 0 radical (unpaired) electrons. The summed E-state index contributed by atoms with van der Waals surface area (Å²) in [6.45, 7) is 2.86. The number of nitrogens with one attached hydrogen (secondary N) is 1. The molecule has 0 aliphatic carbocycles. The summed E-state index contributed by atoms with van der Waals surface area (Å²) in [4.78, 5) is 22.2. The van der Waals surface area contributed by atoms with Crippen LogP contribution in [-0.4, -0.2) is 11.7 Å². The smallest absolute Gasteiger partial charge is 0.221 e. The molecule has 4 nitrogen and oxygen atoms in total. The first-order valence-corrected chi connectivity index (χ1v) is 4.50. The Labute approximate surface area is 79.7 Å². The SMILES string of the molecule is CC(=O)Nc1sc(C(C)=O)cc1N. The van der Waals surface area contributed by atoms with Crippen LogP contribution in [0.25, 0.3) is 0 Å². The highest BCUT2D eigenvalue weighted by molar-refractivity contribution is 7.18. The maximum atomic E-state index is 10.9. The van der Waals surface area contributed by atoms with Crippen LogP contribution in [0.3, 0.4) is 0 Å². The minimum Gasteiger partial charge on any atom is -0.396 e. The first-order chi connectivity index (χ1) is 6.00. The van der Waals surface area contributed by atoms with Crippen molar-refractivity contribution in [3.63, 3.8) is 0 Å². The first-order valence-electron chi connectivity index (χ1n) is 3.68.